The van der Waals surface area contributed by atoms with Gasteiger partial charge >= 0.3 is 11.9 Å². The zero-order valence-electron chi connectivity index (χ0n) is 6.25. The van der Waals surface area contributed by atoms with E-state index < -0.39 is 28.7 Å². The van der Waals surface area contributed by atoms with Crippen LogP contribution in [-0.4, -0.2) is 33.0 Å². The van der Waals surface area contributed by atoms with Gasteiger partial charge in [0.2, 0.25) is 0 Å². The maximum Gasteiger partial charge on any atom is 0.378 e. The largest absolute Gasteiger partial charge is 0.462 e. The Balaban J connectivity index is 4.18. The molecule has 0 heterocycles. The molecule has 0 bridgehead atoms. The second kappa shape index (κ2) is 4.46. The highest BCUT2D eigenvalue weighted by Gasteiger charge is 2.42. The molecule has 0 aliphatic heterocycles. The van der Waals surface area contributed by atoms with Crippen molar-refractivity contribution in [2.24, 2.45) is 0 Å². The van der Waals surface area contributed by atoms with Gasteiger partial charge in [-0.15, -0.1) is 0 Å². The van der Waals surface area contributed by atoms with Crippen molar-refractivity contribution in [2.45, 2.75) is 12.8 Å². The summed E-state index contributed by atoms with van der Waals surface area (Å²) >= 11 is -2.71. The van der Waals surface area contributed by atoms with Crippen molar-refractivity contribution in [1.29, 1.82) is 0 Å². The third-order valence-electron chi connectivity index (χ3n) is 0.879. The van der Waals surface area contributed by atoms with E-state index in [1.165, 1.54) is 6.92 Å². The van der Waals surface area contributed by atoms with Gasteiger partial charge < -0.3 is 9.29 Å². The maximum absolute atomic E-state index is 12.4. The molecule has 7 heteroatoms. The van der Waals surface area contributed by atoms with E-state index in [-0.39, 0.29) is 6.61 Å². The Morgan fingerprint density at radius 1 is 1.67 bits per heavy atom. The third kappa shape index (κ3) is 3.72. The van der Waals surface area contributed by atoms with Gasteiger partial charge in [0.25, 0.3) is 0 Å². The van der Waals surface area contributed by atoms with Crippen LogP contribution in [0.25, 0.3) is 0 Å². The molecule has 4 nitrogen and oxygen atoms in total. The standard InChI is InChI=1S/C5H8F2O4S/c1-2-11-4(8)5(6,7)3-12(9)10/h2-3H2,1H3,(H,9,10). The first-order valence-corrected chi connectivity index (χ1v) is 4.30. The van der Waals surface area contributed by atoms with Gasteiger partial charge in [0.1, 0.15) is 5.75 Å². The summed E-state index contributed by atoms with van der Waals surface area (Å²) in [5, 5.41) is 0. The SMILES string of the molecule is CCOC(=O)C(F)(F)CS(=O)O. The first-order chi connectivity index (χ1) is 5.40. The average Bonchev–Trinajstić information content (AvgIpc) is 1.85. The number of esters is 1. The summed E-state index contributed by atoms with van der Waals surface area (Å²) in [6.07, 6.45) is 0. The lowest BCUT2D eigenvalue weighted by molar-refractivity contribution is -0.168. The van der Waals surface area contributed by atoms with Crippen LogP contribution in [0.1, 0.15) is 6.92 Å². The third-order valence-corrected chi connectivity index (χ3v) is 1.49. The Bertz CT molecular complexity index is 194. The highest BCUT2D eigenvalue weighted by atomic mass is 32.2. The van der Waals surface area contributed by atoms with Crippen molar-refractivity contribution < 1.29 is 27.1 Å². The summed E-state index contributed by atoms with van der Waals surface area (Å²) in [6, 6.07) is 0. The van der Waals surface area contributed by atoms with E-state index in [2.05, 4.69) is 4.74 Å². The van der Waals surface area contributed by atoms with Crippen LogP contribution in [0.2, 0.25) is 0 Å². The van der Waals surface area contributed by atoms with E-state index in [1.54, 1.807) is 0 Å². The van der Waals surface area contributed by atoms with Gasteiger partial charge in [0.15, 0.2) is 11.1 Å². The molecular weight excluding hydrogens is 194 g/mol. The van der Waals surface area contributed by atoms with Crippen molar-refractivity contribution in [2.75, 3.05) is 12.4 Å². The first-order valence-electron chi connectivity index (χ1n) is 3.02. The Kier molecular flexibility index (Phi) is 4.25. The van der Waals surface area contributed by atoms with Crippen molar-refractivity contribution in [3.05, 3.63) is 0 Å². The van der Waals surface area contributed by atoms with Gasteiger partial charge in [-0.2, -0.15) is 8.78 Å². The molecule has 0 aliphatic rings. The van der Waals surface area contributed by atoms with Crippen molar-refractivity contribution in [3.63, 3.8) is 0 Å². The van der Waals surface area contributed by atoms with Crippen LogP contribution in [0.3, 0.4) is 0 Å². The van der Waals surface area contributed by atoms with Crippen molar-refractivity contribution in [3.8, 4) is 0 Å². The molecular formula is C5H8F2O4S. The number of alkyl halides is 2. The lowest BCUT2D eigenvalue weighted by atomic mass is 10.4. The normalized spacial score (nSPS) is 14.0. The van der Waals surface area contributed by atoms with Crippen LogP contribution in [-0.2, 0) is 20.6 Å². The number of ether oxygens (including phenoxy) is 1. The van der Waals surface area contributed by atoms with E-state index >= 15 is 0 Å². The van der Waals surface area contributed by atoms with Crippen LogP contribution < -0.4 is 0 Å². The lowest BCUT2D eigenvalue weighted by Crippen LogP contribution is -2.36. The van der Waals surface area contributed by atoms with Gasteiger partial charge in [-0.25, -0.2) is 9.00 Å². The zero-order valence-corrected chi connectivity index (χ0v) is 7.07. The van der Waals surface area contributed by atoms with E-state index in [1.807, 2.05) is 0 Å². The molecule has 0 saturated heterocycles. The highest BCUT2D eigenvalue weighted by Crippen LogP contribution is 2.16. The minimum Gasteiger partial charge on any atom is -0.462 e. The molecule has 1 unspecified atom stereocenters. The van der Waals surface area contributed by atoms with Crippen LogP contribution in [0.5, 0.6) is 0 Å². The fourth-order valence-electron chi connectivity index (χ4n) is 0.451. The predicted molar refractivity (Wildman–Crippen MR) is 37.2 cm³/mol. The van der Waals surface area contributed by atoms with Crippen LogP contribution in [0.15, 0.2) is 0 Å². The van der Waals surface area contributed by atoms with Gasteiger partial charge in [0, 0.05) is 0 Å². The van der Waals surface area contributed by atoms with Gasteiger partial charge in [-0.05, 0) is 6.92 Å². The molecule has 0 aromatic rings. The van der Waals surface area contributed by atoms with Crippen LogP contribution in [0.4, 0.5) is 8.78 Å². The van der Waals surface area contributed by atoms with Crippen molar-refractivity contribution >= 4 is 17.0 Å². The summed E-state index contributed by atoms with van der Waals surface area (Å²) in [5.74, 6) is -7.08. The number of carbonyl (C=O) groups excluding carboxylic acids is 1. The smallest absolute Gasteiger partial charge is 0.378 e. The zero-order chi connectivity index (χ0) is 9.78. The topological polar surface area (TPSA) is 63.6 Å². The second-order valence-corrected chi connectivity index (χ2v) is 2.82. The van der Waals surface area contributed by atoms with Crippen LogP contribution in [0, 0.1) is 0 Å². The monoisotopic (exact) mass is 202 g/mol. The number of hydrogen-bond acceptors (Lipinski definition) is 3. The van der Waals surface area contributed by atoms with E-state index in [0.717, 1.165) is 0 Å². The van der Waals surface area contributed by atoms with Crippen molar-refractivity contribution in [1.82, 2.24) is 0 Å². The number of carbonyl (C=O) groups is 1. The minimum absolute atomic E-state index is 0.188. The molecule has 72 valence electrons. The molecule has 12 heavy (non-hydrogen) atoms. The molecule has 0 spiro atoms. The summed E-state index contributed by atoms with van der Waals surface area (Å²) in [4.78, 5) is 10.4. The summed E-state index contributed by atoms with van der Waals surface area (Å²) in [7, 11) is 0. The summed E-state index contributed by atoms with van der Waals surface area (Å²) < 4.78 is 46.9. The van der Waals surface area contributed by atoms with E-state index in [9.17, 15) is 17.8 Å². The number of halogens is 2. The molecule has 0 rings (SSSR count). The highest BCUT2D eigenvalue weighted by molar-refractivity contribution is 7.79. The average molecular weight is 202 g/mol. The Hall–Kier alpha value is -0.560. The van der Waals surface area contributed by atoms with Gasteiger partial charge in [-0.3, -0.25) is 0 Å². The summed E-state index contributed by atoms with van der Waals surface area (Å²) in [5.41, 5.74) is 0. The van der Waals surface area contributed by atoms with Crippen LogP contribution >= 0.6 is 0 Å². The Labute approximate surface area is 70.2 Å². The molecule has 0 aromatic heterocycles. The van der Waals surface area contributed by atoms with E-state index in [0.29, 0.717) is 0 Å². The molecule has 0 fully saturated rings. The van der Waals surface area contributed by atoms with E-state index in [4.69, 9.17) is 4.55 Å². The Morgan fingerprint density at radius 3 is 2.50 bits per heavy atom. The molecule has 0 amide bonds. The van der Waals surface area contributed by atoms with Gasteiger partial charge in [-0.1, -0.05) is 0 Å². The van der Waals surface area contributed by atoms with Gasteiger partial charge in [0.05, 0.1) is 6.61 Å². The molecule has 1 N–H and O–H groups in total. The molecule has 0 aliphatic carbocycles. The number of hydrogen-bond donors (Lipinski definition) is 1. The molecule has 0 aromatic carbocycles. The second-order valence-electron chi connectivity index (χ2n) is 1.89. The molecule has 1 atom stereocenters. The summed E-state index contributed by atoms with van der Waals surface area (Å²) in [6.45, 7) is 1.18. The molecule has 0 radical (unpaired) electrons. The minimum atomic E-state index is -3.88. The number of rotatable bonds is 4. The quantitative estimate of drug-likeness (QED) is 0.529. The Morgan fingerprint density at radius 2 is 2.17 bits per heavy atom. The molecule has 0 saturated carbocycles. The maximum atomic E-state index is 12.4. The first kappa shape index (κ1) is 11.4. The predicted octanol–water partition coefficient (Wildman–Crippen LogP) is 0.407. The fourth-order valence-corrected chi connectivity index (χ4v) is 0.879. The fraction of sp³-hybridized carbons (Fsp3) is 0.800. The lowest BCUT2D eigenvalue weighted by Gasteiger charge is -2.11.